The monoisotopic (exact) mass is 526 g/mol. The lowest BCUT2D eigenvalue weighted by Gasteiger charge is -2.71. The molecule has 10 atom stereocenters. The first-order valence-electron chi connectivity index (χ1n) is 16.4. The van der Waals surface area contributed by atoms with E-state index in [4.69, 9.17) is 4.74 Å². The van der Waals surface area contributed by atoms with Crippen LogP contribution in [0.2, 0.25) is 0 Å². The Kier molecular flexibility index (Phi) is 7.27. The summed E-state index contributed by atoms with van der Waals surface area (Å²) in [6.07, 6.45) is 15.7. The zero-order chi connectivity index (χ0) is 27.7. The van der Waals surface area contributed by atoms with Crippen LogP contribution in [0.5, 0.6) is 0 Å². The van der Waals surface area contributed by atoms with Crippen molar-refractivity contribution in [1.29, 1.82) is 0 Å². The molecule has 0 amide bonds. The number of unbranched alkanes of at least 4 members (excludes halogenated alkanes) is 2. The Labute approximate surface area is 233 Å². The molecule has 0 bridgehead atoms. The number of esters is 1. The summed E-state index contributed by atoms with van der Waals surface area (Å²) in [6, 6.07) is 0. The van der Waals surface area contributed by atoms with E-state index in [1.165, 1.54) is 12.8 Å². The average molecular weight is 527 g/mol. The predicted molar refractivity (Wildman–Crippen MR) is 155 cm³/mol. The summed E-state index contributed by atoms with van der Waals surface area (Å²) in [5.74, 6) is 2.80. The standard InChI is InChI=1S/C35H58O3/c1-9-10-11-22-38-30(37)35-19-14-23(2)24(3)29(35)25-12-13-27-32(6)17-16-28(36)31(4,5)26(32)15-18-34(27,8)33(25,7)20-21-35/h12,23-24,26-29,36H,9-11,13-22H2,1-8H3/t23-,24+,26+,27-,28+,29+,32+,33-,34-,35+/m1/s1. The van der Waals surface area contributed by atoms with Crippen molar-refractivity contribution < 1.29 is 14.6 Å². The topological polar surface area (TPSA) is 46.5 Å². The van der Waals surface area contributed by atoms with Gasteiger partial charge in [-0.25, -0.2) is 0 Å². The molecule has 5 rings (SSSR count). The maximum Gasteiger partial charge on any atom is 0.312 e. The minimum atomic E-state index is -0.329. The summed E-state index contributed by atoms with van der Waals surface area (Å²) in [4.78, 5) is 14.0. The zero-order valence-electron chi connectivity index (χ0n) is 26.0. The van der Waals surface area contributed by atoms with Crippen LogP contribution in [-0.4, -0.2) is 23.8 Å². The van der Waals surface area contributed by atoms with Crippen molar-refractivity contribution in [2.24, 2.45) is 56.7 Å². The number of carbonyl (C=O) groups is 1. The first-order valence-corrected chi connectivity index (χ1v) is 16.4. The van der Waals surface area contributed by atoms with Crippen molar-refractivity contribution in [2.45, 2.75) is 139 Å². The van der Waals surface area contributed by atoms with E-state index in [-0.39, 0.29) is 39.1 Å². The van der Waals surface area contributed by atoms with E-state index in [1.54, 1.807) is 5.57 Å². The first-order chi connectivity index (χ1) is 17.8. The van der Waals surface area contributed by atoms with Crippen LogP contribution in [0.25, 0.3) is 0 Å². The number of ether oxygens (including phenoxy) is 1. The lowest BCUT2D eigenvalue weighted by atomic mass is 9.33. The second-order valence-electron chi connectivity index (χ2n) is 16.0. The van der Waals surface area contributed by atoms with Crippen molar-refractivity contribution >= 4 is 5.97 Å². The van der Waals surface area contributed by atoms with E-state index in [0.29, 0.717) is 36.2 Å². The largest absolute Gasteiger partial charge is 0.465 e. The molecule has 3 heteroatoms. The highest BCUT2D eigenvalue weighted by Crippen LogP contribution is 2.75. The van der Waals surface area contributed by atoms with Crippen molar-refractivity contribution in [2.75, 3.05) is 6.61 Å². The Morgan fingerprint density at radius 1 is 0.947 bits per heavy atom. The van der Waals surface area contributed by atoms with E-state index >= 15 is 0 Å². The molecular formula is C35H58O3. The fraction of sp³-hybridized carbons (Fsp3) is 0.914. The van der Waals surface area contributed by atoms with Gasteiger partial charge in [0.15, 0.2) is 0 Å². The van der Waals surface area contributed by atoms with Crippen LogP contribution in [0.4, 0.5) is 0 Å². The van der Waals surface area contributed by atoms with Gasteiger partial charge in [0, 0.05) is 0 Å². The Balaban J connectivity index is 1.53. The maximum absolute atomic E-state index is 14.0. The quantitative estimate of drug-likeness (QED) is 0.221. The number of hydrogen-bond donors (Lipinski definition) is 1. The van der Waals surface area contributed by atoms with Crippen LogP contribution in [0, 0.1) is 56.7 Å². The molecule has 3 nitrogen and oxygen atoms in total. The fourth-order valence-corrected chi connectivity index (χ4v) is 11.5. The first kappa shape index (κ1) is 28.7. The molecule has 0 aromatic rings. The molecule has 1 N–H and O–H groups in total. The van der Waals surface area contributed by atoms with Gasteiger partial charge in [0.1, 0.15) is 0 Å². The van der Waals surface area contributed by atoms with Crippen LogP contribution in [0.3, 0.4) is 0 Å². The molecule has 0 heterocycles. The second-order valence-corrected chi connectivity index (χ2v) is 16.0. The van der Waals surface area contributed by atoms with E-state index in [9.17, 15) is 9.90 Å². The molecule has 0 aliphatic heterocycles. The molecule has 38 heavy (non-hydrogen) atoms. The van der Waals surface area contributed by atoms with Gasteiger partial charge in [-0.2, -0.15) is 0 Å². The smallest absolute Gasteiger partial charge is 0.312 e. The predicted octanol–water partition coefficient (Wildman–Crippen LogP) is 8.74. The zero-order valence-corrected chi connectivity index (χ0v) is 26.0. The molecule has 0 saturated heterocycles. The summed E-state index contributed by atoms with van der Waals surface area (Å²) < 4.78 is 6.10. The second kappa shape index (κ2) is 9.63. The van der Waals surface area contributed by atoms with Crippen molar-refractivity contribution in [3.63, 3.8) is 0 Å². The molecule has 5 aliphatic carbocycles. The van der Waals surface area contributed by atoms with Gasteiger partial charge in [0.05, 0.1) is 18.1 Å². The van der Waals surface area contributed by atoms with E-state index in [0.717, 1.165) is 64.2 Å². The normalized spacial score (nSPS) is 49.6. The molecule has 0 radical (unpaired) electrons. The summed E-state index contributed by atoms with van der Waals surface area (Å²) >= 11 is 0. The van der Waals surface area contributed by atoms with Crippen molar-refractivity contribution in [3.05, 3.63) is 11.6 Å². The highest BCUT2D eigenvalue weighted by Gasteiger charge is 2.69. The van der Waals surface area contributed by atoms with E-state index in [2.05, 4.69) is 61.5 Å². The fourth-order valence-electron chi connectivity index (χ4n) is 11.5. The molecule has 0 aromatic carbocycles. The number of hydrogen-bond acceptors (Lipinski definition) is 3. The van der Waals surface area contributed by atoms with Crippen LogP contribution < -0.4 is 0 Å². The SMILES string of the molecule is CCCCCOC(=O)[C@]12CC[C@@H](C)[C@H](C)[C@H]1C1=CC[C@@H]3[C@@]4(C)CC[C@H](O)C(C)(C)[C@@H]4CC[C@@]3(C)[C@]1(C)CC2. The lowest BCUT2D eigenvalue weighted by molar-refractivity contribution is -0.207. The van der Waals surface area contributed by atoms with Gasteiger partial charge in [-0.05, 0) is 115 Å². The van der Waals surface area contributed by atoms with Crippen LogP contribution in [0.15, 0.2) is 11.6 Å². The number of allylic oxidation sites excluding steroid dienone is 2. The Hall–Kier alpha value is -0.830. The maximum atomic E-state index is 14.0. The van der Waals surface area contributed by atoms with Gasteiger partial charge in [-0.3, -0.25) is 4.79 Å². The summed E-state index contributed by atoms with van der Waals surface area (Å²) in [6.45, 7) is 20.1. The van der Waals surface area contributed by atoms with Crippen molar-refractivity contribution in [1.82, 2.24) is 0 Å². The Morgan fingerprint density at radius 3 is 2.39 bits per heavy atom. The van der Waals surface area contributed by atoms with Crippen LogP contribution in [0.1, 0.15) is 132 Å². The Morgan fingerprint density at radius 2 is 1.68 bits per heavy atom. The molecule has 0 aromatic heterocycles. The average Bonchev–Trinajstić information content (AvgIpc) is 2.87. The molecule has 0 spiro atoms. The number of aliphatic hydroxyl groups excluding tert-OH is 1. The molecular weight excluding hydrogens is 468 g/mol. The number of aliphatic hydroxyl groups is 1. The summed E-state index contributed by atoms with van der Waals surface area (Å²) in [5, 5.41) is 11.0. The third-order valence-electron chi connectivity index (χ3n) is 14.4. The summed E-state index contributed by atoms with van der Waals surface area (Å²) in [7, 11) is 0. The van der Waals surface area contributed by atoms with Crippen LogP contribution in [-0.2, 0) is 9.53 Å². The van der Waals surface area contributed by atoms with Crippen LogP contribution >= 0.6 is 0 Å². The van der Waals surface area contributed by atoms with Gasteiger partial charge in [0.2, 0.25) is 0 Å². The van der Waals surface area contributed by atoms with Gasteiger partial charge >= 0.3 is 5.97 Å². The number of fused-ring (bicyclic) bond motifs is 7. The molecule has 5 aliphatic rings. The highest BCUT2D eigenvalue weighted by molar-refractivity contribution is 5.79. The number of carbonyl (C=O) groups excluding carboxylic acids is 1. The highest BCUT2D eigenvalue weighted by atomic mass is 16.5. The minimum absolute atomic E-state index is 0.0181. The third-order valence-corrected chi connectivity index (χ3v) is 14.4. The summed E-state index contributed by atoms with van der Waals surface area (Å²) in [5.41, 5.74) is 1.91. The van der Waals surface area contributed by atoms with E-state index in [1.807, 2.05) is 0 Å². The van der Waals surface area contributed by atoms with Gasteiger partial charge in [-0.15, -0.1) is 0 Å². The minimum Gasteiger partial charge on any atom is -0.465 e. The van der Waals surface area contributed by atoms with Gasteiger partial charge in [0.25, 0.3) is 0 Å². The number of rotatable bonds is 5. The van der Waals surface area contributed by atoms with E-state index < -0.39 is 0 Å². The third kappa shape index (κ3) is 3.78. The molecule has 0 unspecified atom stereocenters. The molecule has 216 valence electrons. The van der Waals surface area contributed by atoms with Gasteiger partial charge < -0.3 is 9.84 Å². The van der Waals surface area contributed by atoms with Gasteiger partial charge in [-0.1, -0.05) is 79.9 Å². The van der Waals surface area contributed by atoms with Crippen molar-refractivity contribution in [3.8, 4) is 0 Å². The lowest BCUT2D eigenvalue weighted by Crippen LogP contribution is -2.65. The molecule has 4 fully saturated rings. The molecule has 4 saturated carbocycles. The Bertz CT molecular complexity index is 951.